The van der Waals surface area contributed by atoms with Crippen molar-refractivity contribution >= 4 is 11.7 Å². The topological polar surface area (TPSA) is 85.8 Å². The first-order valence-electron chi connectivity index (χ1n) is 8.49. The minimum absolute atomic E-state index is 0.123. The van der Waals surface area contributed by atoms with E-state index in [1.54, 1.807) is 4.90 Å². The molecule has 1 aromatic heterocycles. The molecule has 8 nitrogen and oxygen atoms in total. The average molecular weight is 358 g/mol. The number of nitrogens with one attached hydrogen (secondary N) is 1. The summed E-state index contributed by atoms with van der Waals surface area (Å²) in [6.45, 7) is 3.64. The molecule has 2 heterocycles. The zero-order valence-corrected chi connectivity index (χ0v) is 14.8. The van der Waals surface area contributed by atoms with Crippen LogP contribution in [0.5, 0.6) is 17.5 Å². The highest BCUT2D eigenvalue weighted by atomic mass is 16.5. The standard InChI is InChI=1S/C18H22N4O4/c1-3-25-14-6-4-13(5-7-14)20-18(23)22-9-8-15(12-22)26-17-11-19-10-16(21-17)24-2/h4-7,10-11,15H,3,8-9,12H2,1-2H3,(H,20,23). The molecule has 26 heavy (non-hydrogen) atoms. The van der Waals surface area contributed by atoms with Gasteiger partial charge in [0.15, 0.2) is 0 Å². The van der Waals surface area contributed by atoms with E-state index in [2.05, 4.69) is 15.3 Å². The number of carbonyl (C=O) groups excluding carboxylic acids is 1. The van der Waals surface area contributed by atoms with Crippen molar-refractivity contribution in [3.05, 3.63) is 36.7 Å². The van der Waals surface area contributed by atoms with Crippen molar-refractivity contribution < 1.29 is 19.0 Å². The Labute approximate surface area is 152 Å². The highest BCUT2D eigenvalue weighted by Crippen LogP contribution is 2.20. The zero-order valence-electron chi connectivity index (χ0n) is 14.8. The number of nitrogens with zero attached hydrogens (tertiary/aromatic N) is 3. The Balaban J connectivity index is 1.51. The van der Waals surface area contributed by atoms with Gasteiger partial charge in [0.05, 0.1) is 32.7 Å². The van der Waals surface area contributed by atoms with Crippen LogP contribution >= 0.6 is 0 Å². The van der Waals surface area contributed by atoms with Crippen molar-refractivity contribution in [3.8, 4) is 17.5 Å². The molecule has 0 spiro atoms. The normalized spacial score (nSPS) is 16.2. The first kappa shape index (κ1) is 17.8. The summed E-state index contributed by atoms with van der Waals surface area (Å²) in [5, 5.41) is 2.88. The van der Waals surface area contributed by atoms with Gasteiger partial charge < -0.3 is 24.4 Å². The lowest BCUT2D eigenvalue weighted by atomic mass is 10.3. The maximum atomic E-state index is 12.4. The van der Waals surface area contributed by atoms with Gasteiger partial charge in [-0.25, -0.2) is 4.79 Å². The van der Waals surface area contributed by atoms with Crippen molar-refractivity contribution in [1.29, 1.82) is 0 Å². The molecule has 8 heteroatoms. The van der Waals surface area contributed by atoms with Gasteiger partial charge in [0.25, 0.3) is 0 Å². The fourth-order valence-electron chi connectivity index (χ4n) is 2.67. The number of hydrogen-bond acceptors (Lipinski definition) is 6. The minimum atomic E-state index is -0.156. The fourth-order valence-corrected chi connectivity index (χ4v) is 2.67. The van der Waals surface area contributed by atoms with Crippen LogP contribution in [0, 0.1) is 0 Å². The van der Waals surface area contributed by atoms with Crippen LogP contribution in [0.1, 0.15) is 13.3 Å². The summed E-state index contributed by atoms with van der Waals surface area (Å²) in [5.41, 5.74) is 0.724. The van der Waals surface area contributed by atoms with Crippen LogP contribution in [-0.2, 0) is 0 Å². The monoisotopic (exact) mass is 358 g/mol. The van der Waals surface area contributed by atoms with Gasteiger partial charge in [0.2, 0.25) is 11.8 Å². The molecule has 0 radical (unpaired) electrons. The highest BCUT2D eigenvalue weighted by molar-refractivity contribution is 5.89. The Morgan fingerprint density at radius 2 is 2.04 bits per heavy atom. The molecule has 1 aliphatic rings. The van der Waals surface area contributed by atoms with Crippen LogP contribution in [0.3, 0.4) is 0 Å². The molecule has 1 aliphatic heterocycles. The van der Waals surface area contributed by atoms with Crippen molar-refractivity contribution in [1.82, 2.24) is 14.9 Å². The number of urea groups is 1. The fraction of sp³-hybridized carbons (Fsp3) is 0.389. The largest absolute Gasteiger partial charge is 0.494 e. The summed E-state index contributed by atoms with van der Waals surface area (Å²) >= 11 is 0. The SMILES string of the molecule is CCOc1ccc(NC(=O)N2CCC(Oc3cncc(OC)n3)C2)cc1. The molecule has 2 aromatic rings. The van der Waals surface area contributed by atoms with Crippen molar-refractivity contribution in [2.24, 2.45) is 0 Å². The molecular formula is C18H22N4O4. The average Bonchev–Trinajstić information content (AvgIpc) is 3.12. The number of rotatable bonds is 6. The predicted octanol–water partition coefficient (Wildman–Crippen LogP) is 2.57. The number of aromatic nitrogens is 2. The maximum Gasteiger partial charge on any atom is 0.321 e. The van der Waals surface area contributed by atoms with Gasteiger partial charge in [-0.15, -0.1) is 0 Å². The van der Waals surface area contributed by atoms with Gasteiger partial charge in [-0.05, 0) is 31.2 Å². The molecule has 1 aromatic carbocycles. The Kier molecular flexibility index (Phi) is 5.73. The first-order chi connectivity index (χ1) is 12.7. The van der Waals surface area contributed by atoms with Gasteiger partial charge in [0.1, 0.15) is 11.9 Å². The van der Waals surface area contributed by atoms with Crippen LogP contribution in [0.2, 0.25) is 0 Å². The summed E-state index contributed by atoms with van der Waals surface area (Å²) in [4.78, 5) is 22.3. The molecule has 2 amide bonds. The van der Waals surface area contributed by atoms with E-state index < -0.39 is 0 Å². The number of likely N-dealkylation sites (tertiary alicyclic amines) is 1. The van der Waals surface area contributed by atoms with E-state index in [1.807, 2.05) is 31.2 Å². The van der Waals surface area contributed by atoms with Crippen LogP contribution in [0.15, 0.2) is 36.7 Å². The minimum Gasteiger partial charge on any atom is -0.494 e. The van der Waals surface area contributed by atoms with Crippen molar-refractivity contribution in [3.63, 3.8) is 0 Å². The van der Waals surface area contributed by atoms with Crippen molar-refractivity contribution in [2.45, 2.75) is 19.4 Å². The summed E-state index contributed by atoms with van der Waals surface area (Å²) < 4.78 is 16.2. The molecule has 3 rings (SSSR count). The Morgan fingerprint density at radius 3 is 2.77 bits per heavy atom. The lowest BCUT2D eigenvalue weighted by molar-refractivity contribution is 0.188. The molecule has 0 saturated carbocycles. The Hall–Kier alpha value is -3.03. The number of amides is 2. The summed E-state index contributed by atoms with van der Waals surface area (Å²) in [6.07, 6.45) is 3.65. The smallest absolute Gasteiger partial charge is 0.321 e. The lowest BCUT2D eigenvalue weighted by Crippen LogP contribution is -2.34. The van der Waals surface area contributed by atoms with Crippen LogP contribution in [0.4, 0.5) is 10.5 Å². The number of carbonyl (C=O) groups is 1. The van der Waals surface area contributed by atoms with E-state index >= 15 is 0 Å². The van der Waals surface area contributed by atoms with E-state index in [4.69, 9.17) is 14.2 Å². The molecule has 138 valence electrons. The quantitative estimate of drug-likeness (QED) is 0.854. The molecule has 0 bridgehead atoms. The molecule has 0 aliphatic carbocycles. The summed E-state index contributed by atoms with van der Waals surface area (Å²) in [6, 6.07) is 7.14. The van der Waals surface area contributed by atoms with E-state index in [0.29, 0.717) is 31.5 Å². The third-order valence-electron chi connectivity index (χ3n) is 3.94. The molecular weight excluding hydrogens is 336 g/mol. The Bertz CT molecular complexity index is 738. The highest BCUT2D eigenvalue weighted by Gasteiger charge is 2.28. The van der Waals surface area contributed by atoms with E-state index in [9.17, 15) is 4.79 Å². The van der Waals surface area contributed by atoms with Gasteiger partial charge >= 0.3 is 6.03 Å². The lowest BCUT2D eigenvalue weighted by Gasteiger charge is -2.18. The van der Waals surface area contributed by atoms with E-state index in [0.717, 1.165) is 17.9 Å². The second kappa shape index (κ2) is 8.37. The predicted molar refractivity (Wildman–Crippen MR) is 95.8 cm³/mol. The second-order valence-electron chi connectivity index (χ2n) is 5.76. The second-order valence-corrected chi connectivity index (χ2v) is 5.76. The number of benzene rings is 1. The van der Waals surface area contributed by atoms with Crippen LogP contribution in [-0.4, -0.2) is 53.8 Å². The first-order valence-corrected chi connectivity index (χ1v) is 8.49. The van der Waals surface area contributed by atoms with Gasteiger partial charge in [-0.1, -0.05) is 0 Å². The zero-order chi connectivity index (χ0) is 18.4. The Morgan fingerprint density at radius 1 is 1.27 bits per heavy atom. The van der Waals surface area contributed by atoms with Gasteiger partial charge in [-0.3, -0.25) is 4.98 Å². The number of anilines is 1. The van der Waals surface area contributed by atoms with Crippen LogP contribution in [0.25, 0.3) is 0 Å². The third-order valence-corrected chi connectivity index (χ3v) is 3.94. The molecule has 1 N–H and O–H groups in total. The van der Waals surface area contributed by atoms with E-state index in [-0.39, 0.29) is 12.1 Å². The van der Waals surface area contributed by atoms with Crippen molar-refractivity contribution in [2.75, 3.05) is 32.1 Å². The van der Waals surface area contributed by atoms with Gasteiger partial charge in [0, 0.05) is 18.7 Å². The van der Waals surface area contributed by atoms with Gasteiger partial charge in [-0.2, -0.15) is 4.98 Å². The number of ether oxygens (including phenoxy) is 3. The molecule has 1 atom stereocenters. The molecule has 1 unspecified atom stereocenters. The molecule has 1 saturated heterocycles. The number of hydrogen-bond donors (Lipinski definition) is 1. The van der Waals surface area contributed by atoms with Crippen LogP contribution < -0.4 is 19.5 Å². The third kappa shape index (κ3) is 4.53. The summed E-state index contributed by atoms with van der Waals surface area (Å²) in [5.74, 6) is 1.56. The van der Waals surface area contributed by atoms with E-state index in [1.165, 1.54) is 19.5 Å². The number of methoxy groups -OCH3 is 1. The molecule has 1 fully saturated rings. The maximum absolute atomic E-state index is 12.4. The summed E-state index contributed by atoms with van der Waals surface area (Å²) in [7, 11) is 1.52.